The van der Waals surface area contributed by atoms with Gasteiger partial charge in [-0.25, -0.2) is 9.37 Å². The van der Waals surface area contributed by atoms with Crippen LogP contribution in [0, 0.1) is 5.82 Å². The lowest BCUT2D eigenvalue weighted by Gasteiger charge is -2.34. The molecule has 1 saturated heterocycles. The van der Waals surface area contributed by atoms with E-state index in [9.17, 15) is 14.0 Å². The number of hydrogen-bond acceptors (Lipinski definition) is 3. The van der Waals surface area contributed by atoms with Gasteiger partial charge < -0.3 is 14.8 Å². The highest BCUT2D eigenvalue weighted by molar-refractivity contribution is 6.31. The maximum absolute atomic E-state index is 13.3. The van der Waals surface area contributed by atoms with E-state index in [1.807, 2.05) is 12.1 Å². The SMILES string of the molecule is O=C(CCc1nc2ccc(Cl)cc2[nH]1)N1CCN(C(=O)c2cccc(F)c2)CC1. The number of halogens is 2. The molecule has 150 valence electrons. The molecule has 1 aliphatic rings. The van der Waals surface area contributed by atoms with Crippen molar-refractivity contribution >= 4 is 34.4 Å². The summed E-state index contributed by atoms with van der Waals surface area (Å²) in [6.07, 6.45) is 0.846. The molecule has 1 fully saturated rings. The summed E-state index contributed by atoms with van der Waals surface area (Å²) in [5.74, 6) is 0.131. The van der Waals surface area contributed by atoms with Crippen LogP contribution in [0.15, 0.2) is 42.5 Å². The Hall–Kier alpha value is -2.93. The van der Waals surface area contributed by atoms with Crippen LogP contribution in [0.25, 0.3) is 11.0 Å². The quantitative estimate of drug-likeness (QED) is 0.712. The minimum absolute atomic E-state index is 0.0290. The molecular formula is C21H20ClFN4O2. The van der Waals surface area contributed by atoms with Crippen molar-refractivity contribution in [3.8, 4) is 0 Å². The number of hydrogen-bond donors (Lipinski definition) is 1. The largest absolute Gasteiger partial charge is 0.342 e. The van der Waals surface area contributed by atoms with E-state index < -0.39 is 5.82 Å². The number of aromatic amines is 1. The average Bonchev–Trinajstić information content (AvgIpc) is 3.13. The van der Waals surface area contributed by atoms with Crippen LogP contribution < -0.4 is 0 Å². The summed E-state index contributed by atoms with van der Waals surface area (Å²) < 4.78 is 13.3. The van der Waals surface area contributed by atoms with Gasteiger partial charge in [0.2, 0.25) is 5.91 Å². The van der Waals surface area contributed by atoms with E-state index in [1.165, 1.54) is 18.2 Å². The number of fused-ring (bicyclic) bond motifs is 1. The summed E-state index contributed by atoms with van der Waals surface area (Å²) in [7, 11) is 0. The number of carbonyl (C=O) groups is 2. The fourth-order valence-electron chi connectivity index (χ4n) is 3.50. The lowest BCUT2D eigenvalue weighted by molar-refractivity contribution is -0.132. The van der Waals surface area contributed by atoms with Gasteiger partial charge in [-0.1, -0.05) is 17.7 Å². The fourth-order valence-corrected chi connectivity index (χ4v) is 3.67. The zero-order chi connectivity index (χ0) is 20.4. The predicted octanol–water partition coefficient (Wildman–Crippen LogP) is 3.27. The third-order valence-electron chi connectivity index (χ3n) is 5.06. The normalized spacial score (nSPS) is 14.4. The Kier molecular flexibility index (Phi) is 5.49. The molecule has 2 heterocycles. The summed E-state index contributed by atoms with van der Waals surface area (Å²) in [4.78, 5) is 36.1. The third kappa shape index (κ3) is 4.40. The molecule has 4 rings (SSSR count). The molecular weight excluding hydrogens is 395 g/mol. The van der Waals surface area contributed by atoms with Gasteiger partial charge in [0.05, 0.1) is 11.0 Å². The molecule has 6 nitrogen and oxygen atoms in total. The topological polar surface area (TPSA) is 69.3 Å². The molecule has 1 N–H and O–H groups in total. The van der Waals surface area contributed by atoms with E-state index in [-0.39, 0.29) is 11.8 Å². The summed E-state index contributed by atoms with van der Waals surface area (Å²) >= 11 is 5.98. The van der Waals surface area contributed by atoms with Crippen molar-refractivity contribution < 1.29 is 14.0 Å². The van der Waals surface area contributed by atoms with Crippen molar-refractivity contribution in [2.24, 2.45) is 0 Å². The predicted molar refractivity (Wildman–Crippen MR) is 108 cm³/mol. The third-order valence-corrected chi connectivity index (χ3v) is 5.29. The van der Waals surface area contributed by atoms with Crippen LogP contribution in [0.5, 0.6) is 0 Å². The van der Waals surface area contributed by atoms with E-state index in [1.54, 1.807) is 21.9 Å². The molecule has 1 aromatic heterocycles. The highest BCUT2D eigenvalue weighted by Crippen LogP contribution is 2.18. The van der Waals surface area contributed by atoms with Gasteiger partial charge in [0, 0.05) is 49.6 Å². The molecule has 29 heavy (non-hydrogen) atoms. The van der Waals surface area contributed by atoms with Crippen LogP contribution in [0.3, 0.4) is 0 Å². The van der Waals surface area contributed by atoms with E-state index in [4.69, 9.17) is 11.6 Å². The zero-order valence-corrected chi connectivity index (χ0v) is 16.5. The van der Waals surface area contributed by atoms with Crippen LogP contribution in [-0.4, -0.2) is 57.8 Å². The average molecular weight is 415 g/mol. The van der Waals surface area contributed by atoms with Crippen molar-refractivity contribution in [1.82, 2.24) is 19.8 Å². The van der Waals surface area contributed by atoms with Gasteiger partial charge in [-0.15, -0.1) is 0 Å². The molecule has 2 aromatic carbocycles. The number of nitrogens with zero attached hydrogens (tertiary/aromatic N) is 3. The van der Waals surface area contributed by atoms with Crippen molar-refractivity contribution in [1.29, 1.82) is 0 Å². The summed E-state index contributed by atoms with van der Waals surface area (Å²) in [6, 6.07) is 11.1. The van der Waals surface area contributed by atoms with Crippen LogP contribution in [0.2, 0.25) is 5.02 Å². The highest BCUT2D eigenvalue weighted by atomic mass is 35.5. The number of carbonyl (C=O) groups excluding carboxylic acids is 2. The first-order valence-corrected chi connectivity index (χ1v) is 9.84. The maximum Gasteiger partial charge on any atom is 0.254 e. The first-order chi connectivity index (χ1) is 14.0. The lowest BCUT2D eigenvalue weighted by Crippen LogP contribution is -2.50. The monoisotopic (exact) mass is 414 g/mol. The van der Waals surface area contributed by atoms with Crippen LogP contribution >= 0.6 is 11.6 Å². The second kappa shape index (κ2) is 8.21. The van der Waals surface area contributed by atoms with E-state index >= 15 is 0 Å². The van der Waals surface area contributed by atoms with E-state index in [0.717, 1.165) is 16.9 Å². The number of rotatable bonds is 4. The number of imidazole rings is 1. The molecule has 0 atom stereocenters. The number of benzene rings is 2. The number of piperazine rings is 1. The Balaban J connectivity index is 1.30. The molecule has 0 saturated carbocycles. The second-order valence-corrected chi connectivity index (χ2v) is 7.46. The van der Waals surface area contributed by atoms with Crippen molar-refractivity contribution in [2.45, 2.75) is 12.8 Å². The minimum atomic E-state index is -0.433. The summed E-state index contributed by atoms with van der Waals surface area (Å²) in [5.41, 5.74) is 2.00. The second-order valence-electron chi connectivity index (χ2n) is 7.03. The van der Waals surface area contributed by atoms with Crippen molar-refractivity contribution in [2.75, 3.05) is 26.2 Å². The Bertz CT molecular complexity index is 1060. The number of amides is 2. The lowest BCUT2D eigenvalue weighted by atomic mass is 10.1. The van der Waals surface area contributed by atoms with Gasteiger partial charge in [-0.05, 0) is 36.4 Å². The van der Waals surface area contributed by atoms with Gasteiger partial charge in [0.1, 0.15) is 11.6 Å². The summed E-state index contributed by atoms with van der Waals surface area (Å²) in [6.45, 7) is 1.81. The first-order valence-electron chi connectivity index (χ1n) is 9.46. The first kappa shape index (κ1) is 19.4. The Labute approximate surface area is 172 Å². The van der Waals surface area contributed by atoms with Crippen molar-refractivity contribution in [3.63, 3.8) is 0 Å². The maximum atomic E-state index is 13.3. The molecule has 3 aromatic rings. The Morgan fingerprint density at radius 1 is 1.07 bits per heavy atom. The van der Waals surface area contributed by atoms with Gasteiger partial charge in [-0.3, -0.25) is 9.59 Å². The Morgan fingerprint density at radius 2 is 1.83 bits per heavy atom. The molecule has 0 bridgehead atoms. The minimum Gasteiger partial charge on any atom is -0.342 e. The van der Waals surface area contributed by atoms with Crippen LogP contribution in [0.4, 0.5) is 4.39 Å². The molecule has 2 amide bonds. The van der Waals surface area contributed by atoms with Crippen LogP contribution in [0.1, 0.15) is 22.6 Å². The molecule has 0 radical (unpaired) electrons. The van der Waals surface area contributed by atoms with Crippen molar-refractivity contribution in [3.05, 3.63) is 64.7 Å². The van der Waals surface area contributed by atoms with E-state index in [0.29, 0.717) is 49.6 Å². The standard InChI is InChI=1S/C21H20ClFN4O2/c22-15-4-5-17-18(13-15)25-19(24-17)6-7-20(28)26-8-10-27(11-9-26)21(29)14-2-1-3-16(23)12-14/h1-5,12-13H,6-11H2,(H,24,25). The zero-order valence-electron chi connectivity index (χ0n) is 15.7. The van der Waals surface area contributed by atoms with Gasteiger partial charge in [0.25, 0.3) is 5.91 Å². The molecule has 1 aliphatic heterocycles. The molecule has 8 heteroatoms. The van der Waals surface area contributed by atoms with Gasteiger partial charge in [0.15, 0.2) is 0 Å². The molecule has 0 unspecified atom stereocenters. The number of nitrogens with one attached hydrogen (secondary N) is 1. The number of aryl methyl sites for hydroxylation is 1. The Morgan fingerprint density at radius 3 is 2.59 bits per heavy atom. The van der Waals surface area contributed by atoms with Gasteiger partial charge in [-0.2, -0.15) is 0 Å². The fraction of sp³-hybridized carbons (Fsp3) is 0.286. The molecule has 0 spiro atoms. The van der Waals surface area contributed by atoms with Gasteiger partial charge >= 0.3 is 0 Å². The highest BCUT2D eigenvalue weighted by Gasteiger charge is 2.25. The summed E-state index contributed by atoms with van der Waals surface area (Å²) in [5, 5.41) is 0.634. The van der Waals surface area contributed by atoms with E-state index in [2.05, 4.69) is 9.97 Å². The number of H-pyrrole nitrogens is 1. The molecule has 0 aliphatic carbocycles. The number of aromatic nitrogens is 2. The van der Waals surface area contributed by atoms with Crippen LogP contribution in [-0.2, 0) is 11.2 Å². The smallest absolute Gasteiger partial charge is 0.254 e.